The molecule has 10 nitrogen and oxygen atoms in total. The van der Waals surface area contributed by atoms with Crippen LogP contribution in [0.25, 0.3) is 0 Å². The second-order valence-corrected chi connectivity index (χ2v) is 8.77. The van der Waals surface area contributed by atoms with Crippen LogP contribution in [0.4, 0.5) is 0 Å². The highest BCUT2D eigenvalue weighted by Gasteiger charge is 2.18. The molecule has 0 aliphatic carbocycles. The van der Waals surface area contributed by atoms with Crippen LogP contribution < -0.4 is 0 Å². The summed E-state index contributed by atoms with van der Waals surface area (Å²) in [6.45, 7) is 7.46. The van der Waals surface area contributed by atoms with Crippen molar-refractivity contribution < 1.29 is 45.0 Å². The Morgan fingerprint density at radius 1 is 0.714 bits per heavy atom. The van der Waals surface area contributed by atoms with Crippen LogP contribution in [-0.2, 0) is 39.3 Å². The topological polar surface area (TPSA) is 167 Å². The second-order valence-electron chi connectivity index (χ2n) is 6.07. The third-order valence-electron chi connectivity index (χ3n) is 3.62. The van der Waals surface area contributed by atoms with E-state index in [2.05, 4.69) is 9.47 Å². The van der Waals surface area contributed by atoms with Crippen LogP contribution in [0.3, 0.4) is 0 Å². The summed E-state index contributed by atoms with van der Waals surface area (Å²) in [5.41, 5.74) is 0. The molecular formula is C16H30O10S2-2. The minimum atomic E-state index is -4.47. The summed E-state index contributed by atoms with van der Waals surface area (Å²) in [6.07, 6.45) is 4.11. The average molecular weight is 447 g/mol. The van der Waals surface area contributed by atoms with Gasteiger partial charge in [0, 0.05) is 0 Å². The Kier molecular flexibility index (Phi) is 15.2. The Morgan fingerprint density at radius 2 is 1.00 bits per heavy atom. The molecule has 0 heterocycles. The minimum absolute atomic E-state index is 0.304. The van der Waals surface area contributed by atoms with Crippen LogP contribution in [0, 0.1) is 11.8 Å². The predicted octanol–water partition coefficient (Wildman–Crippen LogP) is 1.72. The Morgan fingerprint density at radius 3 is 1.18 bits per heavy atom. The molecule has 0 rings (SSSR count). The molecule has 2 atom stereocenters. The molecule has 0 bridgehead atoms. The first kappa shape index (κ1) is 29.0. The van der Waals surface area contributed by atoms with Crippen LogP contribution >= 0.6 is 0 Å². The molecule has 2 unspecified atom stereocenters. The van der Waals surface area contributed by atoms with Gasteiger partial charge in [-0.25, -0.2) is 16.8 Å². The SMILES string of the molecule is CCCC(CC)C(=O)OCS(=O)(=O)[O-].CCCC(CC)C(=O)OCS(=O)(=O)[O-]. The van der Waals surface area contributed by atoms with Gasteiger partial charge >= 0.3 is 11.9 Å². The van der Waals surface area contributed by atoms with Gasteiger partial charge in [0.15, 0.2) is 11.9 Å². The van der Waals surface area contributed by atoms with Gasteiger partial charge in [-0.15, -0.1) is 0 Å². The molecule has 0 aromatic carbocycles. The lowest BCUT2D eigenvalue weighted by Gasteiger charge is -2.14. The summed E-state index contributed by atoms with van der Waals surface area (Å²) in [7, 11) is -8.94. The quantitative estimate of drug-likeness (QED) is 0.318. The molecule has 0 radical (unpaired) electrons. The fourth-order valence-electron chi connectivity index (χ4n) is 2.17. The Hall–Kier alpha value is -1.24. The first-order valence-corrected chi connectivity index (χ1v) is 12.2. The Labute approximate surface area is 167 Å². The Bertz CT molecular complexity index is 597. The smallest absolute Gasteiger partial charge is 0.309 e. The van der Waals surface area contributed by atoms with Gasteiger partial charge in [-0.1, -0.05) is 40.5 Å². The Balaban J connectivity index is 0. The molecule has 0 aromatic heterocycles. The maximum Gasteiger partial charge on any atom is 0.309 e. The summed E-state index contributed by atoms with van der Waals surface area (Å²) in [5.74, 6) is -3.94. The highest BCUT2D eigenvalue weighted by atomic mass is 32.2. The predicted molar refractivity (Wildman–Crippen MR) is 98.7 cm³/mol. The van der Waals surface area contributed by atoms with Crippen molar-refractivity contribution in [3.05, 3.63) is 0 Å². The maximum atomic E-state index is 11.2. The van der Waals surface area contributed by atoms with Gasteiger partial charge in [-0.05, 0) is 25.7 Å². The second kappa shape index (κ2) is 14.7. The standard InChI is InChI=1S/2C8H16O5S/c2*1-3-5-7(4-2)8(9)13-6-14(10,11)12/h2*7H,3-6H2,1-2H3,(H,10,11,12)/p-2. The van der Waals surface area contributed by atoms with E-state index in [-0.39, 0.29) is 11.8 Å². The van der Waals surface area contributed by atoms with E-state index in [1.165, 1.54) is 0 Å². The number of rotatable bonds is 12. The van der Waals surface area contributed by atoms with Gasteiger partial charge in [0.05, 0.1) is 11.8 Å². The van der Waals surface area contributed by atoms with Crippen LogP contribution in [0.1, 0.15) is 66.2 Å². The maximum absolute atomic E-state index is 11.2. The lowest BCUT2D eigenvalue weighted by Crippen LogP contribution is -2.20. The van der Waals surface area contributed by atoms with E-state index in [4.69, 9.17) is 0 Å². The van der Waals surface area contributed by atoms with E-state index >= 15 is 0 Å². The van der Waals surface area contributed by atoms with E-state index < -0.39 is 44.1 Å². The van der Waals surface area contributed by atoms with Crippen molar-refractivity contribution in [2.24, 2.45) is 11.8 Å². The van der Waals surface area contributed by atoms with Crippen molar-refractivity contribution >= 4 is 32.2 Å². The first-order chi connectivity index (χ1) is 12.8. The minimum Gasteiger partial charge on any atom is -0.745 e. The van der Waals surface area contributed by atoms with Crippen molar-refractivity contribution in [1.82, 2.24) is 0 Å². The lowest BCUT2D eigenvalue weighted by atomic mass is 10.0. The number of ether oxygens (including phenoxy) is 2. The zero-order valence-electron chi connectivity index (χ0n) is 16.7. The summed E-state index contributed by atoms with van der Waals surface area (Å²) >= 11 is 0. The molecule has 0 aromatic rings. The molecule has 0 aliphatic heterocycles. The van der Waals surface area contributed by atoms with Crippen LogP contribution in [-0.4, -0.2) is 49.8 Å². The monoisotopic (exact) mass is 446 g/mol. The third kappa shape index (κ3) is 16.9. The normalized spacial score (nSPS) is 13.6. The largest absolute Gasteiger partial charge is 0.745 e. The van der Waals surface area contributed by atoms with Crippen LogP contribution in [0.2, 0.25) is 0 Å². The number of esters is 2. The van der Waals surface area contributed by atoms with Crippen molar-refractivity contribution in [2.45, 2.75) is 66.2 Å². The van der Waals surface area contributed by atoms with E-state index in [9.17, 15) is 35.5 Å². The number of carbonyl (C=O) groups is 2. The molecule has 0 aliphatic rings. The third-order valence-corrected chi connectivity index (χ3v) is 4.43. The van der Waals surface area contributed by atoms with Gasteiger partial charge in [-0.2, -0.15) is 0 Å². The van der Waals surface area contributed by atoms with Gasteiger partial charge in [-0.3, -0.25) is 9.59 Å². The average Bonchev–Trinajstić information content (AvgIpc) is 2.59. The molecular weight excluding hydrogens is 416 g/mol. The van der Waals surface area contributed by atoms with Crippen molar-refractivity contribution in [1.29, 1.82) is 0 Å². The molecule has 28 heavy (non-hydrogen) atoms. The van der Waals surface area contributed by atoms with Gasteiger partial charge < -0.3 is 18.6 Å². The van der Waals surface area contributed by atoms with Crippen LogP contribution in [0.15, 0.2) is 0 Å². The van der Waals surface area contributed by atoms with Gasteiger partial charge in [0.2, 0.25) is 0 Å². The molecule has 0 saturated heterocycles. The molecule has 168 valence electrons. The summed E-state index contributed by atoms with van der Waals surface area (Å²) in [5, 5.41) is 0. The van der Waals surface area contributed by atoms with E-state index in [1.54, 1.807) is 0 Å². The fourth-order valence-corrected chi connectivity index (χ4v) is 2.69. The van der Waals surface area contributed by atoms with Crippen LogP contribution in [0.5, 0.6) is 0 Å². The van der Waals surface area contributed by atoms with E-state index in [0.717, 1.165) is 12.8 Å². The van der Waals surface area contributed by atoms with Gasteiger partial charge in [0.1, 0.15) is 20.2 Å². The molecule has 0 fully saturated rings. The number of carbonyl (C=O) groups excluding carboxylic acids is 2. The van der Waals surface area contributed by atoms with E-state index in [1.807, 2.05) is 27.7 Å². The van der Waals surface area contributed by atoms with Gasteiger partial charge in [0.25, 0.3) is 0 Å². The number of hydrogen-bond donors (Lipinski definition) is 0. The summed E-state index contributed by atoms with van der Waals surface area (Å²) in [4.78, 5) is 22.4. The highest BCUT2D eigenvalue weighted by Crippen LogP contribution is 2.13. The van der Waals surface area contributed by atoms with Crippen molar-refractivity contribution in [3.8, 4) is 0 Å². The molecule has 12 heteroatoms. The van der Waals surface area contributed by atoms with E-state index in [0.29, 0.717) is 25.7 Å². The molecule has 0 N–H and O–H groups in total. The summed E-state index contributed by atoms with van der Waals surface area (Å²) in [6, 6.07) is 0. The summed E-state index contributed by atoms with van der Waals surface area (Å²) < 4.78 is 69.8. The van der Waals surface area contributed by atoms with Crippen molar-refractivity contribution in [3.63, 3.8) is 0 Å². The highest BCUT2D eigenvalue weighted by molar-refractivity contribution is 7.85. The molecule has 0 amide bonds. The lowest BCUT2D eigenvalue weighted by molar-refractivity contribution is -0.147. The first-order valence-electron chi connectivity index (χ1n) is 9.01. The zero-order valence-corrected chi connectivity index (χ0v) is 18.3. The fraction of sp³-hybridized carbons (Fsp3) is 0.875. The zero-order chi connectivity index (χ0) is 22.4. The number of hydrogen-bond acceptors (Lipinski definition) is 10. The molecule has 0 spiro atoms. The molecule has 0 saturated carbocycles. The van der Waals surface area contributed by atoms with Crippen molar-refractivity contribution in [2.75, 3.05) is 11.9 Å².